The first-order chi connectivity index (χ1) is 19.9. The molecule has 1 fully saturated rings. The SMILES string of the molecule is CCOc1ccc(C(=O)Oc2ccc(C=NNC(=O)C(=O)Nc3ccccc3C(=O)NC3CCCCC3)cc2)cc1. The molecule has 3 N–H and O–H groups in total. The number of hydrogen-bond acceptors (Lipinski definition) is 7. The average molecular weight is 557 g/mol. The van der Waals surface area contributed by atoms with Gasteiger partial charge in [0.05, 0.1) is 29.6 Å². The van der Waals surface area contributed by atoms with Crippen LogP contribution in [0.1, 0.15) is 65.3 Å². The van der Waals surface area contributed by atoms with E-state index in [4.69, 9.17) is 9.47 Å². The Labute approximate surface area is 238 Å². The lowest BCUT2D eigenvalue weighted by Gasteiger charge is -2.23. The molecule has 3 aromatic rings. The molecule has 4 rings (SSSR count). The molecule has 0 radical (unpaired) electrons. The molecule has 10 heteroatoms. The van der Waals surface area contributed by atoms with Crippen LogP contribution in [-0.4, -0.2) is 42.6 Å². The van der Waals surface area contributed by atoms with Crippen molar-refractivity contribution in [1.29, 1.82) is 0 Å². The Bertz CT molecular complexity index is 1400. The molecule has 3 amide bonds. The summed E-state index contributed by atoms with van der Waals surface area (Å²) < 4.78 is 10.7. The Hall–Kier alpha value is -4.99. The van der Waals surface area contributed by atoms with Crippen LogP contribution in [0.3, 0.4) is 0 Å². The highest BCUT2D eigenvalue weighted by atomic mass is 16.5. The van der Waals surface area contributed by atoms with Crippen molar-refractivity contribution in [2.45, 2.75) is 45.1 Å². The van der Waals surface area contributed by atoms with Gasteiger partial charge >= 0.3 is 17.8 Å². The summed E-state index contributed by atoms with van der Waals surface area (Å²) in [5.41, 5.74) is 3.67. The van der Waals surface area contributed by atoms with E-state index in [1.165, 1.54) is 12.6 Å². The average Bonchev–Trinajstić information content (AvgIpc) is 2.99. The molecule has 0 atom stereocenters. The molecule has 1 aliphatic carbocycles. The van der Waals surface area contributed by atoms with Gasteiger partial charge in [0.1, 0.15) is 11.5 Å². The Morgan fingerprint density at radius 2 is 1.54 bits per heavy atom. The predicted molar refractivity (Wildman–Crippen MR) is 154 cm³/mol. The first-order valence-corrected chi connectivity index (χ1v) is 13.5. The molecule has 3 aromatic carbocycles. The Morgan fingerprint density at radius 3 is 2.24 bits per heavy atom. The fourth-order valence-corrected chi connectivity index (χ4v) is 4.34. The maximum atomic E-state index is 12.8. The summed E-state index contributed by atoms with van der Waals surface area (Å²) in [4.78, 5) is 49.9. The van der Waals surface area contributed by atoms with Crippen molar-refractivity contribution in [2.24, 2.45) is 5.10 Å². The van der Waals surface area contributed by atoms with E-state index in [0.717, 1.165) is 25.7 Å². The lowest BCUT2D eigenvalue weighted by atomic mass is 9.95. The number of carbonyl (C=O) groups is 4. The van der Waals surface area contributed by atoms with E-state index in [1.54, 1.807) is 72.8 Å². The Kier molecular flexibility index (Phi) is 10.2. The fraction of sp³-hybridized carbons (Fsp3) is 0.258. The van der Waals surface area contributed by atoms with E-state index in [9.17, 15) is 19.2 Å². The first-order valence-electron chi connectivity index (χ1n) is 13.5. The second kappa shape index (κ2) is 14.4. The van der Waals surface area contributed by atoms with Crippen LogP contribution < -0.4 is 25.5 Å². The van der Waals surface area contributed by atoms with Gasteiger partial charge in [0.25, 0.3) is 5.91 Å². The van der Waals surface area contributed by atoms with Gasteiger partial charge in [0.15, 0.2) is 0 Å². The van der Waals surface area contributed by atoms with Crippen LogP contribution >= 0.6 is 0 Å². The molecule has 0 spiro atoms. The number of hydrogen-bond donors (Lipinski definition) is 3. The summed E-state index contributed by atoms with van der Waals surface area (Å²) >= 11 is 0. The number of hydrazone groups is 1. The molecular weight excluding hydrogens is 524 g/mol. The summed E-state index contributed by atoms with van der Waals surface area (Å²) in [6, 6.07) is 19.7. The van der Waals surface area contributed by atoms with Crippen molar-refractivity contribution in [3.05, 3.63) is 89.5 Å². The minimum Gasteiger partial charge on any atom is -0.494 e. The molecule has 0 aliphatic heterocycles. The van der Waals surface area contributed by atoms with Crippen molar-refractivity contribution in [3.8, 4) is 11.5 Å². The number of para-hydroxylation sites is 1. The van der Waals surface area contributed by atoms with E-state index in [1.807, 2.05) is 6.92 Å². The largest absolute Gasteiger partial charge is 0.494 e. The van der Waals surface area contributed by atoms with E-state index >= 15 is 0 Å². The number of anilines is 1. The molecular formula is C31H32N4O6. The Morgan fingerprint density at radius 1 is 0.854 bits per heavy atom. The number of amides is 3. The molecule has 0 unspecified atom stereocenters. The van der Waals surface area contributed by atoms with Crippen LogP contribution in [0, 0.1) is 0 Å². The van der Waals surface area contributed by atoms with Gasteiger partial charge < -0.3 is 20.1 Å². The third kappa shape index (κ3) is 8.50. The van der Waals surface area contributed by atoms with Crippen LogP contribution in [0.5, 0.6) is 11.5 Å². The van der Waals surface area contributed by atoms with Crippen LogP contribution in [0.25, 0.3) is 0 Å². The zero-order valence-electron chi connectivity index (χ0n) is 22.7. The van der Waals surface area contributed by atoms with Crippen molar-refractivity contribution in [1.82, 2.24) is 10.7 Å². The van der Waals surface area contributed by atoms with Gasteiger partial charge in [-0.05, 0) is 86.0 Å². The molecule has 0 aromatic heterocycles. The lowest BCUT2D eigenvalue weighted by molar-refractivity contribution is -0.136. The van der Waals surface area contributed by atoms with Gasteiger partial charge in [-0.25, -0.2) is 10.2 Å². The number of esters is 1. The Balaban J connectivity index is 1.27. The highest BCUT2D eigenvalue weighted by Gasteiger charge is 2.21. The molecule has 1 saturated carbocycles. The minimum atomic E-state index is -0.996. The van der Waals surface area contributed by atoms with E-state index in [0.29, 0.717) is 29.2 Å². The number of nitrogens with one attached hydrogen (secondary N) is 3. The van der Waals surface area contributed by atoms with Crippen molar-refractivity contribution in [3.63, 3.8) is 0 Å². The highest BCUT2D eigenvalue weighted by Crippen LogP contribution is 2.20. The molecule has 41 heavy (non-hydrogen) atoms. The number of rotatable bonds is 9. The highest BCUT2D eigenvalue weighted by molar-refractivity contribution is 6.40. The van der Waals surface area contributed by atoms with Gasteiger partial charge in [-0.3, -0.25) is 14.4 Å². The minimum absolute atomic E-state index is 0.108. The second-order valence-corrected chi connectivity index (χ2v) is 9.42. The number of ether oxygens (including phenoxy) is 2. The second-order valence-electron chi connectivity index (χ2n) is 9.42. The molecule has 0 saturated heterocycles. The molecule has 1 aliphatic rings. The predicted octanol–water partition coefficient (Wildman–Crippen LogP) is 4.46. The lowest BCUT2D eigenvalue weighted by Crippen LogP contribution is -2.37. The summed E-state index contributed by atoms with van der Waals surface area (Å²) in [7, 11) is 0. The quantitative estimate of drug-likeness (QED) is 0.117. The zero-order chi connectivity index (χ0) is 29.0. The summed E-state index contributed by atoms with van der Waals surface area (Å²) in [5.74, 6) is -1.77. The molecule has 0 heterocycles. The maximum absolute atomic E-state index is 12.8. The zero-order valence-corrected chi connectivity index (χ0v) is 22.7. The molecule has 10 nitrogen and oxygen atoms in total. The first kappa shape index (κ1) is 29.0. The number of benzene rings is 3. The number of carbonyl (C=O) groups excluding carboxylic acids is 4. The van der Waals surface area contributed by atoms with Gasteiger partial charge in [0.2, 0.25) is 0 Å². The van der Waals surface area contributed by atoms with Crippen molar-refractivity contribution >= 4 is 35.6 Å². The third-order valence-corrected chi connectivity index (χ3v) is 6.44. The van der Waals surface area contributed by atoms with Gasteiger partial charge in [-0.2, -0.15) is 5.10 Å². The van der Waals surface area contributed by atoms with E-state index < -0.39 is 17.8 Å². The van der Waals surface area contributed by atoms with Crippen molar-refractivity contribution in [2.75, 3.05) is 11.9 Å². The summed E-state index contributed by atoms with van der Waals surface area (Å²) in [5, 5.41) is 9.31. The normalized spacial score (nSPS) is 13.3. The van der Waals surface area contributed by atoms with Gasteiger partial charge in [0, 0.05) is 6.04 Å². The van der Waals surface area contributed by atoms with E-state index in [-0.39, 0.29) is 23.2 Å². The van der Waals surface area contributed by atoms with Crippen LogP contribution in [-0.2, 0) is 9.59 Å². The fourth-order valence-electron chi connectivity index (χ4n) is 4.34. The smallest absolute Gasteiger partial charge is 0.343 e. The standard InChI is InChI=1S/C31H32N4O6/c1-2-40-24-18-14-22(15-19-24)31(39)41-25-16-12-21(13-17-25)20-32-35-30(38)29(37)34-27-11-7-6-10-26(27)28(36)33-23-8-4-3-5-9-23/h6-7,10-20,23H,2-5,8-9H2,1H3,(H,33,36)(H,34,37)(H,35,38). The summed E-state index contributed by atoms with van der Waals surface area (Å²) in [6.45, 7) is 2.41. The third-order valence-electron chi connectivity index (χ3n) is 6.44. The van der Waals surface area contributed by atoms with E-state index in [2.05, 4.69) is 21.2 Å². The summed E-state index contributed by atoms with van der Waals surface area (Å²) in [6.07, 6.45) is 6.52. The van der Waals surface area contributed by atoms with Crippen LogP contribution in [0.2, 0.25) is 0 Å². The number of nitrogens with zero attached hydrogens (tertiary/aromatic N) is 1. The molecule has 0 bridgehead atoms. The van der Waals surface area contributed by atoms with Gasteiger partial charge in [-0.1, -0.05) is 31.4 Å². The maximum Gasteiger partial charge on any atom is 0.343 e. The van der Waals surface area contributed by atoms with Crippen LogP contribution in [0.15, 0.2) is 77.9 Å². The molecule has 212 valence electrons. The topological polar surface area (TPSA) is 135 Å². The van der Waals surface area contributed by atoms with Crippen molar-refractivity contribution < 1.29 is 28.7 Å². The monoisotopic (exact) mass is 556 g/mol. The van der Waals surface area contributed by atoms with Crippen LogP contribution in [0.4, 0.5) is 5.69 Å². The van der Waals surface area contributed by atoms with Gasteiger partial charge in [-0.15, -0.1) is 0 Å².